The van der Waals surface area contributed by atoms with E-state index in [0.717, 1.165) is 22.6 Å². The van der Waals surface area contributed by atoms with Gasteiger partial charge in [-0.15, -0.1) is 0 Å². The lowest BCUT2D eigenvalue weighted by molar-refractivity contribution is -0.121. The summed E-state index contributed by atoms with van der Waals surface area (Å²) in [5, 5.41) is 9.39. The number of benzene rings is 1. The number of aromatic amines is 1. The van der Waals surface area contributed by atoms with Gasteiger partial charge in [0.2, 0.25) is 12.7 Å². The van der Waals surface area contributed by atoms with Gasteiger partial charge in [0.05, 0.1) is 6.20 Å². The third-order valence-electron chi connectivity index (χ3n) is 3.12. The quantitative estimate of drug-likeness (QED) is 0.863. The number of ether oxygens (including phenoxy) is 2. The fourth-order valence-corrected chi connectivity index (χ4v) is 2.02. The van der Waals surface area contributed by atoms with E-state index in [0.29, 0.717) is 19.4 Å². The van der Waals surface area contributed by atoms with Crippen LogP contribution in [-0.2, 0) is 17.8 Å². The second kappa shape index (κ2) is 5.64. The van der Waals surface area contributed by atoms with E-state index >= 15 is 0 Å². The molecule has 2 N–H and O–H groups in total. The lowest BCUT2D eigenvalue weighted by atomic mass is 10.1. The molecule has 0 unspecified atom stereocenters. The number of aromatic nitrogens is 2. The largest absolute Gasteiger partial charge is 0.454 e. The van der Waals surface area contributed by atoms with Gasteiger partial charge in [-0.2, -0.15) is 5.10 Å². The highest BCUT2D eigenvalue weighted by Crippen LogP contribution is 2.32. The van der Waals surface area contributed by atoms with Crippen LogP contribution in [-0.4, -0.2) is 22.9 Å². The summed E-state index contributed by atoms with van der Waals surface area (Å²) in [6, 6.07) is 5.75. The van der Waals surface area contributed by atoms with Gasteiger partial charge in [-0.25, -0.2) is 0 Å². The number of nitrogens with one attached hydrogen (secondary N) is 2. The van der Waals surface area contributed by atoms with Crippen molar-refractivity contribution in [1.29, 1.82) is 0 Å². The Bertz CT molecular complexity index is 596. The molecule has 6 heteroatoms. The van der Waals surface area contributed by atoms with E-state index in [1.165, 1.54) is 0 Å². The maximum absolute atomic E-state index is 11.7. The fraction of sp³-hybridized carbons (Fsp3) is 0.286. The van der Waals surface area contributed by atoms with Crippen molar-refractivity contribution in [3.63, 3.8) is 0 Å². The van der Waals surface area contributed by atoms with Gasteiger partial charge in [0, 0.05) is 24.7 Å². The van der Waals surface area contributed by atoms with Crippen LogP contribution in [0, 0.1) is 0 Å². The Kier molecular flexibility index (Phi) is 3.54. The highest BCUT2D eigenvalue weighted by Gasteiger charge is 2.13. The summed E-state index contributed by atoms with van der Waals surface area (Å²) < 4.78 is 10.6. The maximum Gasteiger partial charge on any atom is 0.231 e. The molecule has 104 valence electrons. The molecule has 1 aliphatic heterocycles. The molecule has 0 saturated heterocycles. The standard InChI is InChI=1S/C14H15N3O3/c18-14(15-6-11-7-16-17-8-11)4-2-10-1-3-12-13(5-10)20-9-19-12/h1,3,5,7-8H,2,4,6,9H2,(H,15,18)(H,16,17). The van der Waals surface area contributed by atoms with Crippen molar-refractivity contribution in [1.82, 2.24) is 15.5 Å². The first kappa shape index (κ1) is 12.5. The molecule has 1 aromatic heterocycles. The number of hydrogen-bond donors (Lipinski definition) is 2. The van der Waals surface area contributed by atoms with E-state index in [1.54, 1.807) is 12.4 Å². The zero-order valence-electron chi connectivity index (χ0n) is 10.9. The van der Waals surface area contributed by atoms with E-state index < -0.39 is 0 Å². The average Bonchev–Trinajstić information content (AvgIpc) is 3.13. The first-order chi connectivity index (χ1) is 9.81. The monoisotopic (exact) mass is 273 g/mol. The van der Waals surface area contributed by atoms with Gasteiger partial charge < -0.3 is 14.8 Å². The van der Waals surface area contributed by atoms with E-state index in [1.807, 2.05) is 18.2 Å². The van der Waals surface area contributed by atoms with Crippen molar-refractivity contribution < 1.29 is 14.3 Å². The van der Waals surface area contributed by atoms with E-state index in [9.17, 15) is 4.79 Å². The lowest BCUT2D eigenvalue weighted by Gasteiger charge is -2.05. The third-order valence-corrected chi connectivity index (χ3v) is 3.12. The van der Waals surface area contributed by atoms with Gasteiger partial charge in [0.25, 0.3) is 0 Å². The van der Waals surface area contributed by atoms with Gasteiger partial charge in [0.1, 0.15) is 0 Å². The number of amides is 1. The van der Waals surface area contributed by atoms with Gasteiger partial charge in [0.15, 0.2) is 11.5 Å². The van der Waals surface area contributed by atoms with Gasteiger partial charge in [-0.3, -0.25) is 9.89 Å². The van der Waals surface area contributed by atoms with Gasteiger partial charge in [-0.1, -0.05) is 6.07 Å². The molecular weight excluding hydrogens is 258 g/mol. The molecule has 0 fully saturated rings. The number of fused-ring (bicyclic) bond motifs is 1. The zero-order chi connectivity index (χ0) is 13.8. The maximum atomic E-state index is 11.7. The first-order valence-corrected chi connectivity index (χ1v) is 6.44. The van der Waals surface area contributed by atoms with Crippen molar-refractivity contribution in [2.45, 2.75) is 19.4 Å². The Morgan fingerprint density at radius 2 is 2.20 bits per heavy atom. The molecule has 3 rings (SSSR count). The van der Waals surface area contributed by atoms with Crippen molar-refractivity contribution in [2.75, 3.05) is 6.79 Å². The molecule has 1 aliphatic rings. The zero-order valence-corrected chi connectivity index (χ0v) is 10.9. The highest BCUT2D eigenvalue weighted by molar-refractivity contribution is 5.76. The molecular formula is C14H15N3O3. The van der Waals surface area contributed by atoms with Crippen LogP contribution in [0.15, 0.2) is 30.6 Å². The average molecular weight is 273 g/mol. The van der Waals surface area contributed by atoms with Gasteiger partial charge in [-0.05, 0) is 24.1 Å². The Morgan fingerprint density at radius 1 is 1.30 bits per heavy atom. The predicted molar refractivity (Wildman–Crippen MR) is 71.3 cm³/mol. The van der Waals surface area contributed by atoms with E-state index in [2.05, 4.69) is 15.5 Å². The molecule has 0 aliphatic carbocycles. The van der Waals surface area contributed by atoms with Crippen molar-refractivity contribution in [3.8, 4) is 11.5 Å². The molecule has 0 spiro atoms. The van der Waals surface area contributed by atoms with E-state index in [4.69, 9.17) is 9.47 Å². The van der Waals surface area contributed by atoms with Gasteiger partial charge >= 0.3 is 0 Å². The summed E-state index contributed by atoms with van der Waals surface area (Å²) in [5.41, 5.74) is 2.02. The Labute approximate surface area is 116 Å². The molecule has 1 aromatic carbocycles. The minimum Gasteiger partial charge on any atom is -0.454 e. The molecule has 0 saturated carbocycles. The summed E-state index contributed by atoms with van der Waals surface area (Å²) in [4.78, 5) is 11.7. The topological polar surface area (TPSA) is 76.2 Å². The van der Waals surface area contributed by atoms with E-state index in [-0.39, 0.29) is 12.7 Å². The normalized spacial score (nSPS) is 12.4. The van der Waals surface area contributed by atoms with Crippen LogP contribution in [0.25, 0.3) is 0 Å². The Balaban J connectivity index is 1.48. The number of carbonyl (C=O) groups is 1. The first-order valence-electron chi connectivity index (χ1n) is 6.44. The number of hydrogen-bond acceptors (Lipinski definition) is 4. The number of aryl methyl sites for hydroxylation is 1. The van der Waals surface area contributed by atoms with Crippen LogP contribution < -0.4 is 14.8 Å². The molecule has 1 amide bonds. The summed E-state index contributed by atoms with van der Waals surface area (Å²) in [7, 11) is 0. The molecule has 0 radical (unpaired) electrons. The molecule has 20 heavy (non-hydrogen) atoms. The second-order valence-electron chi connectivity index (χ2n) is 4.57. The number of nitrogens with zero attached hydrogens (tertiary/aromatic N) is 1. The summed E-state index contributed by atoms with van der Waals surface area (Å²) >= 11 is 0. The molecule has 6 nitrogen and oxygen atoms in total. The smallest absolute Gasteiger partial charge is 0.231 e. The number of rotatable bonds is 5. The fourth-order valence-electron chi connectivity index (χ4n) is 2.02. The third kappa shape index (κ3) is 2.90. The van der Waals surface area contributed by atoms with Crippen LogP contribution in [0.3, 0.4) is 0 Å². The predicted octanol–water partition coefficient (Wildman–Crippen LogP) is 1.39. The molecule has 2 heterocycles. The van der Waals surface area contributed by atoms with Crippen LogP contribution in [0.4, 0.5) is 0 Å². The number of H-pyrrole nitrogens is 1. The molecule has 0 bridgehead atoms. The number of carbonyl (C=O) groups excluding carboxylic acids is 1. The lowest BCUT2D eigenvalue weighted by Crippen LogP contribution is -2.22. The SMILES string of the molecule is O=C(CCc1ccc2c(c1)OCO2)NCc1cn[nH]c1. The van der Waals surface area contributed by atoms with Crippen molar-refractivity contribution >= 4 is 5.91 Å². The van der Waals surface area contributed by atoms with Crippen LogP contribution in [0.1, 0.15) is 17.5 Å². The van der Waals surface area contributed by atoms with Crippen molar-refractivity contribution in [2.24, 2.45) is 0 Å². The molecule has 2 aromatic rings. The minimum atomic E-state index is 0.0175. The summed E-state index contributed by atoms with van der Waals surface area (Å²) in [5.74, 6) is 1.53. The summed E-state index contributed by atoms with van der Waals surface area (Å²) in [6.45, 7) is 0.764. The molecule has 0 atom stereocenters. The second-order valence-corrected chi connectivity index (χ2v) is 4.57. The van der Waals surface area contributed by atoms with Crippen LogP contribution in [0.5, 0.6) is 11.5 Å². The highest BCUT2D eigenvalue weighted by atomic mass is 16.7. The Hall–Kier alpha value is -2.50. The van der Waals surface area contributed by atoms with Crippen LogP contribution in [0.2, 0.25) is 0 Å². The Morgan fingerprint density at radius 3 is 3.05 bits per heavy atom. The van der Waals surface area contributed by atoms with Crippen LogP contribution >= 0.6 is 0 Å². The minimum absolute atomic E-state index is 0.0175. The summed E-state index contributed by atoms with van der Waals surface area (Å²) in [6.07, 6.45) is 4.57. The van der Waals surface area contributed by atoms with Crippen molar-refractivity contribution in [3.05, 3.63) is 41.7 Å².